The average molecular weight is 557 g/mol. The Balaban J connectivity index is 1.41. The van der Waals surface area contributed by atoms with Crippen LogP contribution in [0.1, 0.15) is 41.4 Å². The number of carbonyl (C=O) groups is 4. The van der Waals surface area contributed by atoms with Crippen LogP contribution in [-0.2, 0) is 0 Å². The lowest BCUT2D eigenvalue weighted by molar-refractivity contribution is 0.0651. The van der Waals surface area contributed by atoms with E-state index in [1.54, 1.807) is 54.6 Å². The minimum Gasteiger partial charge on any atom is -0.478 e. The number of benzene rings is 4. The van der Waals surface area contributed by atoms with Crippen molar-refractivity contribution in [3.63, 3.8) is 0 Å². The maximum absolute atomic E-state index is 12.3. The van der Waals surface area contributed by atoms with Crippen LogP contribution in [0.4, 0.5) is 0 Å². The molecule has 0 saturated heterocycles. The second-order valence-corrected chi connectivity index (χ2v) is 8.43. The summed E-state index contributed by atoms with van der Waals surface area (Å²) >= 11 is 0. The van der Waals surface area contributed by atoms with Crippen molar-refractivity contribution < 1.29 is 43.6 Å². The van der Waals surface area contributed by atoms with Crippen molar-refractivity contribution >= 4 is 23.8 Å². The highest BCUT2D eigenvalue weighted by molar-refractivity contribution is 6.07. The Morgan fingerprint density at radius 3 is 1.17 bits per heavy atom. The van der Waals surface area contributed by atoms with Gasteiger partial charge in [-0.2, -0.15) is 0 Å². The molecule has 11 heteroatoms. The van der Waals surface area contributed by atoms with Crippen molar-refractivity contribution in [3.05, 3.63) is 107 Å². The Hall–Kier alpha value is -5.84. The van der Waals surface area contributed by atoms with Crippen molar-refractivity contribution in [3.8, 4) is 34.5 Å². The number of ether oxygens (including phenoxy) is 3. The third-order valence-electron chi connectivity index (χ3n) is 5.74. The fraction of sp³-hybridized carbons (Fsp3) is 0.0667. The molecule has 4 rings (SSSR count). The molecule has 41 heavy (non-hydrogen) atoms. The molecule has 4 aromatic rings. The lowest BCUT2D eigenvalue weighted by atomic mass is 10.1. The number of hydrogen-bond acceptors (Lipinski definition) is 7. The normalized spacial score (nSPS) is 10.3. The van der Waals surface area contributed by atoms with Gasteiger partial charge in [0.1, 0.15) is 34.5 Å². The molecule has 0 saturated carbocycles. The summed E-state index contributed by atoms with van der Waals surface area (Å²) in [7, 11) is 2.95. The van der Waals surface area contributed by atoms with E-state index < -0.39 is 23.8 Å². The fourth-order valence-electron chi connectivity index (χ4n) is 3.75. The lowest BCUT2D eigenvalue weighted by Gasteiger charge is -2.12. The molecular weight excluding hydrogens is 532 g/mol. The van der Waals surface area contributed by atoms with Crippen molar-refractivity contribution in [1.82, 2.24) is 10.6 Å². The van der Waals surface area contributed by atoms with Crippen molar-refractivity contribution in [1.29, 1.82) is 0 Å². The zero-order valence-corrected chi connectivity index (χ0v) is 21.8. The quantitative estimate of drug-likeness (QED) is 0.206. The van der Waals surface area contributed by atoms with Gasteiger partial charge < -0.3 is 35.1 Å². The zero-order chi connectivity index (χ0) is 29.5. The summed E-state index contributed by atoms with van der Waals surface area (Å²) in [6.07, 6.45) is 0. The predicted molar refractivity (Wildman–Crippen MR) is 147 cm³/mol. The Morgan fingerprint density at radius 2 is 0.780 bits per heavy atom. The summed E-state index contributed by atoms with van der Waals surface area (Å²) in [6, 6.07) is 21.6. The minimum absolute atomic E-state index is 0.169. The van der Waals surface area contributed by atoms with Gasteiger partial charge >= 0.3 is 11.9 Å². The summed E-state index contributed by atoms with van der Waals surface area (Å²) < 4.78 is 17.4. The van der Waals surface area contributed by atoms with Gasteiger partial charge in [-0.1, -0.05) is 0 Å². The molecule has 11 nitrogen and oxygen atoms in total. The fourth-order valence-corrected chi connectivity index (χ4v) is 3.75. The SMILES string of the molecule is CNC(=O)c1ccc(Oc2ccc(Oc3ccc(Oc4ccc(C(=O)O)c(C(=O)O)c4)cc3)cc2)cc1C(=O)NC. The Bertz CT molecular complexity index is 1610. The molecule has 0 aromatic heterocycles. The minimum atomic E-state index is -1.37. The summed E-state index contributed by atoms with van der Waals surface area (Å²) in [4.78, 5) is 46.9. The van der Waals surface area contributed by atoms with Crippen LogP contribution in [0.25, 0.3) is 0 Å². The second-order valence-electron chi connectivity index (χ2n) is 8.43. The van der Waals surface area contributed by atoms with Crippen LogP contribution in [0.3, 0.4) is 0 Å². The molecule has 0 aliphatic heterocycles. The van der Waals surface area contributed by atoms with Gasteiger partial charge in [-0.05, 0) is 84.9 Å². The first-order valence-corrected chi connectivity index (χ1v) is 12.1. The van der Waals surface area contributed by atoms with Gasteiger partial charge in [-0.15, -0.1) is 0 Å². The summed E-state index contributed by atoms with van der Waals surface area (Å²) in [5.74, 6) is -1.11. The number of carboxylic acids is 2. The van der Waals surface area contributed by atoms with Gasteiger partial charge in [0.05, 0.1) is 22.3 Å². The van der Waals surface area contributed by atoms with Crippen LogP contribution in [0.15, 0.2) is 84.9 Å². The van der Waals surface area contributed by atoms with Crippen molar-refractivity contribution in [2.75, 3.05) is 14.1 Å². The number of aromatic carboxylic acids is 2. The van der Waals surface area contributed by atoms with Gasteiger partial charge in [0.2, 0.25) is 0 Å². The maximum atomic E-state index is 12.3. The molecule has 4 aromatic carbocycles. The van der Waals surface area contributed by atoms with Crippen LogP contribution >= 0.6 is 0 Å². The standard InChI is InChI=1S/C30H24N2O9/c1-31-27(33)23-13-11-21(15-25(23)28(34)32-2)40-19-7-3-17(4-8-19)39-18-5-9-20(10-6-18)41-22-12-14-24(29(35)36)26(16-22)30(37)38/h3-16H,1-2H3,(H,31,33)(H,32,34)(H,35,36)(H,37,38). The van der Waals surface area contributed by atoms with E-state index in [4.69, 9.17) is 19.3 Å². The lowest BCUT2D eigenvalue weighted by Crippen LogP contribution is -2.25. The average Bonchev–Trinajstić information content (AvgIpc) is 2.98. The molecule has 0 fully saturated rings. The molecule has 208 valence electrons. The van der Waals surface area contributed by atoms with Crippen LogP contribution in [0.5, 0.6) is 34.5 Å². The molecule has 0 heterocycles. The van der Waals surface area contributed by atoms with Crippen LogP contribution in [0, 0.1) is 0 Å². The largest absolute Gasteiger partial charge is 0.478 e. The Morgan fingerprint density at radius 1 is 0.463 bits per heavy atom. The first-order valence-electron chi connectivity index (χ1n) is 12.1. The van der Waals surface area contributed by atoms with E-state index in [2.05, 4.69) is 10.6 Å². The zero-order valence-electron chi connectivity index (χ0n) is 21.8. The van der Waals surface area contributed by atoms with E-state index in [0.29, 0.717) is 28.7 Å². The Kier molecular flexibility index (Phi) is 8.48. The summed E-state index contributed by atoms with van der Waals surface area (Å²) in [5.41, 5.74) is -0.315. The Labute approximate surface area is 233 Å². The molecule has 0 atom stereocenters. The highest BCUT2D eigenvalue weighted by Crippen LogP contribution is 2.30. The monoisotopic (exact) mass is 556 g/mol. The first kappa shape index (κ1) is 28.2. The van der Waals surface area contributed by atoms with E-state index in [1.165, 1.54) is 38.4 Å². The number of carbonyl (C=O) groups excluding carboxylic acids is 2. The number of nitrogens with one attached hydrogen (secondary N) is 2. The topological polar surface area (TPSA) is 160 Å². The highest BCUT2D eigenvalue weighted by atomic mass is 16.5. The van der Waals surface area contributed by atoms with Gasteiger partial charge in [-0.3, -0.25) is 9.59 Å². The van der Waals surface area contributed by atoms with Crippen LogP contribution in [0.2, 0.25) is 0 Å². The molecule has 0 spiro atoms. The molecular formula is C30H24N2O9. The molecule has 4 N–H and O–H groups in total. The van der Waals surface area contributed by atoms with Gasteiger partial charge in [0, 0.05) is 14.1 Å². The van der Waals surface area contributed by atoms with Crippen LogP contribution in [-0.4, -0.2) is 48.1 Å². The van der Waals surface area contributed by atoms with Crippen molar-refractivity contribution in [2.45, 2.75) is 0 Å². The second kappa shape index (κ2) is 12.3. The van der Waals surface area contributed by atoms with E-state index in [9.17, 15) is 24.3 Å². The summed E-state index contributed by atoms with van der Waals surface area (Å²) in [6.45, 7) is 0. The molecule has 0 bridgehead atoms. The highest BCUT2D eigenvalue weighted by Gasteiger charge is 2.18. The van der Waals surface area contributed by atoms with Gasteiger partial charge in [0.15, 0.2) is 0 Å². The van der Waals surface area contributed by atoms with Crippen LogP contribution < -0.4 is 24.8 Å². The molecule has 0 aliphatic carbocycles. The van der Waals surface area contributed by atoms with Gasteiger partial charge in [-0.25, -0.2) is 9.59 Å². The van der Waals surface area contributed by atoms with E-state index in [1.807, 2.05) is 0 Å². The smallest absolute Gasteiger partial charge is 0.336 e. The number of carboxylic acid groups (broad SMARTS) is 2. The third kappa shape index (κ3) is 6.79. The maximum Gasteiger partial charge on any atom is 0.336 e. The molecule has 2 amide bonds. The molecule has 0 aliphatic rings. The van der Waals surface area contributed by atoms with E-state index in [0.717, 1.165) is 6.07 Å². The predicted octanol–water partition coefficient (Wildman–Crippen LogP) is 5.18. The number of amides is 2. The number of rotatable bonds is 10. The van der Waals surface area contributed by atoms with Crippen molar-refractivity contribution in [2.24, 2.45) is 0 Å². The molecule has 0 radical (unpaired) electrons. The summed E-state index contributed by atoms with van der Waals surface area (Å²) in [5, 5.41) is 23.4. The third-order valence-corrected chi connectivity index (χ3v) is 5.74. The molecule has 0 unspecified atom stereocenters. The first-order chi connectivity index (χ1) is 19.7. The van der Waals surface area contributed by atoms with Gasteiger partial charge in [0.25, 0.3) is 11.8 Å². The number of hydrogen-bond donors (Lipinski definition) is 4. The van der Waals surface area contributed by atoms with E-state index >= 15 is 0 Å². The van der Waals surface area contributed by atoms with E-state index in [-0.39, 0.29) is 28.0 Å².